The lowest BCUT2D eigenvalue weighted by molar-refractivity contribution is 0.415. The highest BCUT2D eigenvalue weighted by Gasteiger charge is 2.02. The van der Waals surface area contributed by atoms with Crippen molar-refractivity contribution in [2.75, 3.05) is 7.11 Å². The van der Waals surface area contributed by atoms with Gasteiger partial charge in [-0.2, -0.15) is 0 Å². The van der Waals surface area contributed by atoms with Crippen LogP contribution in [0.15, 0.2) is 36.4 Å². The van der Waals surface area contributed by atoms with Gasteiger partial charge in [0.2, 0.25) is 0 Å². The van der Waals surface area contributed by atoms with Gasteiger partial charge in [-0.15, -0.1) is 3.69 Å². The molecule has 0 radical (unpaired) electrons. The SMILES string of the molecule is COc1ccc2[c]([Mg][Br])cccc2c1. The monoisotopic (exact) mass is 260 g/mol. The molecule has 14 heavy (non-hydrogen) atoms. The molecule has 0 aliphatic heterocycles. The van der Waals surface area contributed by atoms with Crippen LogP contribution in [0.25, 0.3) is 10.8 Å². The Labute approximate surface area is 99.0 Å². The molecule has 0 bridgehead atoms. The molecule has 0 aromatic heterocycles. The highest BCUT2D eigenvalue weighted by atomic mass is 79.9. The lowest BCUT2D eigenvalue weighted by atomic mass is 10.1. The van der Waals surface area contributed by atoms with E-state index >= 15 is 0 Å². The van der Waals surface area contributed by atoms with Gasteiger partial charge in [0.15, 0.2) is 0 Å². The van der Waals surface area contributed by atoms with Gasteiger partial charge in [-0.1, -0.05) is 24.3 Å². The molecule has 0 amide bonds. The van der Waals surface area contributed by atoms with Gasteiger partial charge >= 0.3 is 18.2 Å². The van der Waals surface area contributed by atoms with Crippen LogP contribution in [-0.2, 0) is 0 Å². The summed E-state index contributed by atoms with van der Waals surface area (Å²) in [6, 6.07) is 12.6. The fourth-order valence-corrected chi connectivity index (χ4v) is 3.73. The van der Waals surface area contributed by atoms with Crippen LogP contribution in [0.5, 0.6) is 5.75 Å². The molecular weight excluding hydrogens is 252 g/mol. The largest absolute Gasteiger partial charge is 0.507 e. The summed E-state index contributed by atoms with van der Waals surface area (Å²) in [5.41, 5.74) is 0. The number of rotatable bonds is 2. The lowest BCUT2D eigenvalue weighted by Gasteiger charge is -2.05. The third-order valence-electron chi connectivity index (χ3n) is 2.32. The van der Waals surface area contributed by atoms with Crippen molar-refractivity contribution in [2.24, 2.45) is 0 Å². The Morgan fingerprint density at radius 3 is 2.79 bits per heavy atom. The maximum Gasteiger partial charge on any atom is 0.507 e. The standard InChI is InChI=1S/C11H9O.BrH.Mg/c1-12-11-7-6-9-4-2-3-5-10(9)8-11;;/h2-3,5-8H,1H3;1H;/q;;+1/p-1. The molecule has 2 rings (SSSR count). The van der Waals surface area contributed by atoms with Gasteiger partial charge in [0.1, 0.15) is 5.75 Å². The van der Waals surface area contributed by atoms with Gasteiger partial charge in [-0.3, -0.25) is 12.9 Å². The van der Waals surface area contributed by atoms with Crippen LogP contribution in [0.4, 0.5) is 0 Å². The molecule has 0 saturated heterocycles. The summed E-state index contributed by atoms with van der Waals surface area (Å²) in [5, 5.41) is 2.60. The van der Waals surface area contributed by atoms with Crippen LogP contribution in [0.3, 0.4) is 0 Å². The zero-order valence-corrected chi connectivity index (χ0v) is 11.0. The van der Waals surface area contributed by atoms with Gasteiger partial charge in [0.05, 0.1) is 7.11 Å². The summed E-state index contributed by atoms with van der Waals surface area (Å²) in [4.78, 5) is 0. The zero-order valence-electron chi connectivity index (χ0n) is 7.96. The van der Waals surface area contributed by atoms with Crippen LogP contribution < -0.4 is 8.43 Å². The Balaban J connectivity index is 2.67. The third-order valence-corrected chi connectivity index (χ3v) is 5.04. The van der Waals surface area contributed by atoms with Crippen LogP contribution in [-0.4, -0.2) is 25.3 Å². The van der Waals surface area contributed by atoms with E-state index < -0.39 is 0 Å². The van der Waals surface area contributed by atoms with E-state index in [1.165, 1.54) is 14.5 Å². The van der Waals surface area contributed by atoms with Gasteiger partial charge in [0.25, 0.3) is 0 Å². The van der Waals surface area contributed by atoms with Gasteiger partial charge < -0.3 is 4.74 Å². The van der Waals surface area contributed by atoms with E-state index in [1.54, 1.807) is 7.11 Å². The van der Waals surface area contributed by atoms with Crippen LogP contribution in [0, 0.1) is 0 Å². The van der Waals surface area contributed by atoms with E-state index in [9.17, 15) is 0 Å². The topological polar surface area (TPSA) is 9.23 Å². The number of fused-ring (bicyclic) bond motifs is 1. The molecule has 1 nitrogen and oxygen atoms in total. The average Bonchev–Trinajstić information content (AvgIpc) is 2.27. The highest BCUT2D eigenvalue weighted by Crippen LogP contribution is 2.19. The summed E-state index contributed by atoms with van der Waals surface area (Å²) in [5.74, 6) is 0.922. The van der Waals surface area contributed by atoms with E-state index in [-0.39, 0.29) is 18.2 Å². The first kappa shape index (κ1) is 10.3. The maximum absolute atomic E-state index is 5.20. The van der Waals surface area contributed by atoms with E-state index in [0.29, 0.717) is 0 Å². The number of hydrogen-bond donors (Lipinski definition) is 0. The Hall–Kier alpha value is -0.254. The third kappa shape index (κ3) is 1.90. The molecule has 0 saturated carbocycles. The summed E-state index contributed by atoms with van der Waals surface area (Å²) < 4.78 is 6.64. The Kier molecular flexibility index (Phi) is 3.31. The van der Waals surface area contributed by atoms with E-state index in [2.05, 4.69) is 43.2 Å². The molecule has 0 fully saturated rings. The predicted molar refractivity (Wildman–Crippen MR) is 64.8 cm³/mol. The molecule has 2 aromatic carbocycles. The lowest BCUT2D eigenvalue weighted by Crippen LogP contribution is -2.08. The normalized spacial score (nSPS) is 9.86. The van der Waals surface area contributed by atoms with Crippen molar-refractivity contribution in [3.63, 3.8) is 0 Å². The molecule has 68 valence electrons. The maximum atomic E-state index is 5.20. The van der Waals surface area contributed by atoms with Crippen LogP contribution in [0.1, 0.15) is 0 Å². The smallest absolute Gasteiger partial charge is 0.497 e. The van der Waals surface area contributed by atoms with Crippen LogP contribution >= 0.6 is 12.9 Å². The van der Waals surface area contributed by atoms with Crippen molar-refractivity contribution in [1.29, 1.82) is 0 Å². The molecular formula is C11H9BrMgO. The van der Waals surface area contributed by atoms with Crippen molar-refractivity contribution < 1.29 is 4.74 Å². The van der Waals surface area contributed by atoms with E-state index in [4.69, 9.17) is 4.74 Å². The van der Waals surface area contributed by atoms with E-state index in [0.717, 1.165) is 5.75 Å². The number of ether oxygens (including phenoxy) is 1. The summed E-state index contributed by atoms with van der Waals surface area (Å²) in [7, 11) is 1.70. The van der Waals surface area contributed by atoms with Crippen molar-refractivity contribution in [3.8, 4) is 5.75 Å². The number of methoxy groups -OCH3 is 1. The zero-order chi connectivity index (χ0) is 9.97. The van der Waals surface area contributed by atoms with Crippen molar-refractivity contribution in [1.82, 2.24) is 0 Å². The van der Waals surface area contributed by atoms with Crippen molar-refractivity contribution in [2.45, 2.75) is 0 Å². The molecule has 0 heterocycles. The predicted octanol–water partition coefficient (Wildman–Crippen LogP) is 2.49. The second-order valence-corrected chi connectivity index (χ2v) is 5.85. The molecule has 0 N–H and O–H groups in total. The minimum Gasteiger partial charge on any atom is -0.497 e. The Morgan fingerprint density at radius 1 is 1.21 bits per heavy atom. The minimum absolute atomic E-state index is 0.277. The van der Waals surface area contributed by atoms with Gasteiger partial charge in [0, 0.05) is 0 Å². The Bertz CT molecular complexity index is 456. The molecule has 3 heteroatoms. The van der Waals surface area contributed by atoms with Gasteiger partial charge in [-0.25, -0.2) is 0 Å². The first-order valence-electron chi connectivity index (χ1n) is 4.47. The first-order chi connectivity index (χ1) is 6.85. The fraction of sp³-hybridized carbons (Fsp3) is 0.0909. The Morgan fingerprint density at radius 2 is 2.07 bits per heavy atom. The first-order valence-corrected chi connectivity index (χ1v) is 9.07. The minimum atomic E-state index is -0.277. The van der Waals surface area contributed by atoms with Crippen molar-refractivity contribution in [3.05, 3.63) is 36.4 Å². The molecule has 0 aliphatic rings. The van der Waals surface area contributed by atoms with Crippen LogP contribution in [0.2, 0.25) is 0 Å². The number of hydrogen-bond acceptors (Lipinski definition) is 1. The quantitative estimate of drug-likeness (QED) is 0.755. The molecule has 0 spiro atoms. The van der Waals surface area contributed by atoms with Gasteiger partial charge in [-0.05, 0) is 22.9 Å². The van der Waals surface area contributed by atoms with Crippen molar-refractivity contribution >= 4 is 45.5 Å². The molecule has 0 atom stereocenters. The summed E-state index contributed by atoms with van der Waals surface area (Å²) in [6.45, 7) is 0. The van der Waals surface area contributed by atoms with E-state index in [1.807, 2.05) is 6.07 Å². The number of benzene rings is 2. The average molecular weight is 261 g/mol. The fourth-order valence-electron chi connectivity index (χ4n) is 1.57. The molecule has 0 unspecified atom stereocenters. The summed E-state index contributed by atoms with van der Waals surface area (Å²) >= 11 is 3.34. The molecule has 0 aliphatic carbocycles. The number of halogens is 1. The second kappa shape index (κ2) is 4.51. The second-order valence-electron chi connectivity index (χ2n) is 3.14. The highest BCUT2D eigenvalue weighted by molar-refractivity contribution is 9.23. The summed E-state index contributed by atoms with van der Waals surface area (Å²) in [6.07, 6.45) is 0. The molecule has 2 aromatic rings.